The number of likely N-dealkylation sites (tertiary alicyclic amines) is 1. The zero-order valence-electron chi connectivity index (χ0n) is 7.20. The van der Waals surface area contributed by atoms with Crippen LogP contribution in [0.3, 0.4) is 0 Å². The Labute approximate surface area is 68.2 Å². The van der Waals surface area contributed by atoms with Gasteiger partial charge in [-0.05, 0) is 31.7 Å². The smallest absolute Gasteiger partial charge is 0.427 e. The average molecular weight is 157 g/mol. The molecule has 0 radical (unpaired) electrons. The predicted octanol–water partition coefficient (Wildman–Crippen LogP) is -0.199. The third-order valence-electron chi connectivity index (χ3n) is 2.56. The lowest BCUT2D eigenvalue weighted by Crippen LogP contribution is -2.40. The third kappa shape index (κ3) is 2.19. The van der Waals surface area contributed by atoms with E-state index in [9.17, 15) is 0 Å². The van der Waals surface area contributed by atoms with Crippen LogP contribution in [-0.4, -0.2) is 42.2 Å². The SMILES string of the molecule is C[C@@H]1CN(C)CC[C@H]1B(O)O. The molecule has 0 aromatic rings. The van der Waals surface area contributed by atoms with E-state index < -0.39 is 7.12 Å². The van der Waals surface area contributed by atoms with E-state index in [4.69, 9.17) is 10.0 Å². The lowest BCUT2D eigenvalue weighted by molar-refractivity contribution is 0.200. The van der Waals surface area contributed by atoms with Gasteiger partial charge < -0.3 is 14.9 Å². The molecule has 0 spiro atoms. The normalized spacial score (nSPS) is 33.8. The molecule has 0 saturated carbocycles. The minimum atomic E-state index is -1.13. The zero-order chi connectivity index (χ0) is 8.43. The molecule has 1 fully saturated rings. The summed E-state index contributed by atoms with van der Waals surface area (Å²) >= 11 is 0. The molecule has 0 bridgehead atoms. The molecule has 0 aromatic heterocycles. The standard InChI is InChI=1S/C7H16BNO2/c1-6-5-9(2)4-3-7(6)8(10)11/h6-7,10-11H,3-5H2,1-2H3/t6-,7-/m1/s1. The van der Waals surface area contributed by atoms with Crippen molar-refractivity contribution in [2.45, 2.75) is 19.2 Å². The fourth-order valence-electron chi connectivity index (χ4n) is 1.82. The second-order valence-electron chi connectivity index (χ2n) is 3.61. The molecule has 1 aliphatic heterocycles. The maximum Gasteiger partial charge on any atom is 0.455 e. The number of hydrogen-bond acceptors (Lipinski definition) is 3. The Morgan fingerprint density at radius 3 is 2.55 bits per heavy atom. The van der Waals surface area contributed by atoms with Gasteiger partial charge in [-0.15, -0.1) is 0 Å². The van der Waals surface area contributed by atoms with Crippen molar-refractivity contribution in [3.8, 4) is 0 Å². The monoisotopic (exact) mass is 157 g/mol. The van der Waals surface area contributed by atoms with Crippen LogP contribution >= 0.6 is 0 Å². The summed E-state index contributed by atoms with van der Waals surface area (Å²) < 4.78 is 0. The molecular weight excluding hydrogens is 141 g/mol. The fraction of sp³-hybridized carbons (Fsp3) is 1.00. The average Bonchev–Trinajstić information content (AvgIpc) is 1.85. The molecule has 4 heteroatoms. The first kappa shape index (κ1) is 9.04. The molecule has 1 aliphatic rings. The van der Waals surface area contributed by atoms with Crippen LogP contribution in [0, 0.1) is 5.92 Å². The van der Waals surface area contributed by atoms with E-state index >= 15 is 0 Å². The van der Waals surface area contributed by atoms with Gasteiger partial charge in [-0.25, -0.2) is 0 Å². The van der Waals surface area contributed by atoms with Gasteiger partial charge in [0, 0.05) is 6.54 Å². The van der Waals surface area contributed by atoms with Crippen molar-refractivity contribution in [2.24, 2.45) is 5.92 Å². The van der Waals surface area contributed by atoms with Gasteiger partial charge in [0.2, 0.25) is 0 Å². The van der Waals surface area contributed by atoms with Crippen molar-refractivity contribution < 1.29 is 10.0 Å². The molecule has 3 nitrogen and oxygen atoms in total. The second kappa shape index (κ2) is 3.56. The van der Waals surface area contributed by atoms with Crippen LogP contribution in [0.1, 0.15) is 13.3 Å². The quantitative estimate of drug-likeness (QED) is 0.518. The highest BCUT2D eigenvalue weighted by Crippen LogP contribution is 2.28. The summed E-state index contributed by atoms with van der Waals surface area (Å²) in [6.45, 7) is 4.02. The molecule has 1 rings (SSSR count). The van der Waals surface area contributed by atoms with Crippen LogP contribution in [-0.2, 0) is 0 Å². The van der Waals surface area contributed by atoms with E-state index in [0.717, 1.165) is 19.5 Å². The van der Waals surface area contributed by atoms with E-state index in [1.54, 1.807) is 0 Å². The van der Waals surface area contributed by atoms with Crippen LogP contribution in [0.5, 0.6) is 0 Å². The summed E-state index contributed by atoms with van der Waals surface area (Å²) in [6.07, 6.45) is 0.898. The largest absolute Gasteiger partial charge is 0.455 e. The summed E-state index contributed by atoms with van der Waals surface area (Å²) in [5, 5.41) is 17.9. The zero-order valence-corrected chi connectivity index (χ0v) is 7.20. The minimum Gasteiger partial charge on any atom is -0.427 e. The molecule has 2 atom stereocenters. The van der Waals surface area contributed by atoms with Gasteiger partial charge in [-0.1, -0.05) is 6.92 Å². The molecule has 0 aliphatic carbocycles. The first-order valence-corrected chi connectivity index (χ1v) is 4.16. The maximum atomic E-state index is 8.97. The molecule has 64 valence electrons. The number of rotatable bonds is 1. The van der Waals surface area contributed by atoms with Crippen molar-refractivity contribution in [1.82, 2.24) is 4.90 Å². The Hall–Kier alpha value is -0.0551. The Morgan fingerprint density at radius 2 is 2.09 bits per heavy atom. The van der Waals surface area contributed by atoms with Crippen LogP contribution in [0.2, 0.25) is 5.82 Å². The molecule has 0 unspecified atom stereocenters. The Morgan fingerprint density at radius 1 is 1.45 bits per heavy atom. The minimum absolute atomic E-state index is 0.0752. The van der Waals surface area contributed by atoms with Gasteiger partial charge in [0.15, 0.2) is 0 Å². The van der Waals surface area contributed by atoms with Crippen molar-refractivity contribution in [3.63, 3.8) is 0 Å². The van der Waals surface area contributed by atoms with E-state index in [-0.39, 0.29) is 5.82 Å². The van der Waals surface area contributed by atoms with Crippen LogP contribution in [0.15, 0.2) is 0 Å². The van der Waals surface area contributed by atoms with E-state index in [0.29, 0.717) is 5.92 Å². The highest BCUT2D eigenvalue weighted by atomic mass is 16.4. The number of hydrogen-bond donors (Lipinski definition) is 2. The highest BCUT2D eigenvalue weighted by Gasteiger charge is 2.32. The fourth-order valence-corrected chi connectivity index (χ4v) is 1.82. The summed E-state index contributed by atoms with van der Waals surface area (Å²) in [5.41, 5.74) is 0. The van der Waals surface area contributed by atoms with Crippen molar-refractivity contribution in [2.75, 3.05) is 20.1 Å². The highest BCUT2D eigenvalue weighted by molar-refractivity contribution is 6.43. The van der Waals surface area contributed by atoms with Crippen molar-refractivity contribution in [1.29, 1.82) is 0 Å². The van der Waals surface area contributed by atoms with Gasteiger partial charge in [0.1, 0.15) is 0 Å². The van der Waals surface area contributed by atoms with E-state index in [2.05, 4.69) is 18.9 Å². The van der Waals surface area contributed by atoms with Crippen LogP contribution in [0.25, 0.3) is 0 Å². The molecule has 1 saturated heterocycles. The molecule has 11 heavy (non-hydrogen) atoms. The van der Waals surface area contributed by atoms with Gasteiger partial charge in [0.25, 0.3) is 0 Å². The summed E-state index contributed by atoms with van der Waals surface area (Å²) in [5.74, 6) is 0.472. The number of piperidine rings is 1. The lowest BCUT2D eigenvalue weighted by atomic mass is 9.63. The van der Waals surface area contributed by atoms with E-state index in [1.807, 2.05) is 0 Å². The van der Waals surface area contributed by atoms with Crippen LogP contribution in [0.4, 0.5) is 0 Å². The molecule has 1 heterocycles. The summed E-state index contributed by atoms with van der Waals surface area (Å²) in [6, 6.07) is 0. The predicted molar refractivity (Wildman–Crippen MR) is 45.2 cm³/mol. The molecule has 0 aromatic carbocycles. The topological polar surface area (TPSA) is 43.7 Å². The molecular formula is C7H16BNO2. The summed E-state index contributed by atoms with van der Waals surface area (Å²) in [7, 11) is 0.940. The Balaban J connectivity index is 2.44. The second-order valence-corrected chi connectivity index (χ2v) is 3.61. The van der Waals surface area contributed by atoms with Crippen molar-refractivity contribution >= 4 is 7.12 Å². The Bertz CT molecular complexity index is 132. The molecule has 2 N–H and O–H groups in total. The van der Waals surface area contributed by atoms with Gasteiger partial charge >= 0.3 is 7.12 Å². The Kier molecular flexibility index (Phi) is 2.93. The van der Waals surface area contributed by atoms with E-state index in [1.165, 1.54) is 0 Å². The first-order chi connectivity index (χ1) is 5.11. The maximum absolute atomic E-state index is 8.97. The first-order valence-electron chi connectivity index (χ1n) is 4.16. The van der Waals surface area contributed by atoms with Crippen molar-refractivity contribution in [3.05, 3.63) is 0 Å². The van der Waals surface area contributed by atoms with Gasteiger partial charge in [0.05, 0.1) is 0 Å². The molecule has 0 amide bonds. The lowest BCUT2D eigenvalue weighted by Gasteiger charge is -2.34. The van der Waals surface area contributed by atoms with Gasteiger partial charge in [-0.3, -0.25) is 0 Å². The summed E-state index contributed by atoms with van der Waals surface area (Å²) in [4.78, 5) is 2.23. The third-order valence-corrected chi connectivity index (χ3v) is 2.56. The van der Waals surface area contributed by atoms with Gasteiger partial charge in [-0.2, -0.15) is 0 Å². The number of nitrogens with zero attached hydrogens (tertiary/aromatic N) is 1. The van der Waals surface area contributed by atoms with Crippen LogP contribution < -0.4 is 0 Å².